The number of hydrogen-bond donors (Lipinski definition) is 0. The fourth-order valence-corrected chi connectivity index (χ4v) is 6.72. The first-order valence-corrected chi connectivity index (χ1v) is 8.73. The second-order valence-corrected chi connectivity index (χ2v) is 11.4. The predicted octanol–water partition coefficient (Wildman–Crippen LogP) is 2.05. The zero-order chi connectivity index (χ0) is 6.78. The Bertz CT molecular complexity index is 99.6. The molecule has 0 aromatic rings. The molecule has 1 nitrogen and oxygen atoms in total. The normalized spacial score (nSPS) is 14.2. The Morgan fingerprint density at radius 3 is 1.67 bits per heavy atom. The van der Waals surface area contributed by atoms with Gasteiger partial charge in [-0.3, -0.25) is 0 Å². The Kier molecular flexibility index (Phi) is 7.65. The van der Waals surface area contributed by atoms with E-state index in [4.69, 9.17) is 0 Å². The maximum atomic E-state index is 10.7. The van der Waals surface area contributed by atoms with Crippen molar-refractivity contribution < 1.29 is 37.3 Å². The van der Waals surface area contributed by atoms with E-state index in [0.717, 1.165) is 5.79 Å². The summed E-state index contributed by atoms with van der Waals surface area (Å²) in [5.74, 6) is 1.01. The summed E-state index contributed by atoms with van der Waals surface area (Å²) in [6.45, 7) is 8.60. The average Bonchev–Trinajstić information content (AvgIpc) is 1.21. The van der Waals surface area contributed by atoms with Crippen molar-refractivity contribution in [3.63, 3.8) is 0 Å². The number of rotatable bonds is 2. The third-order valence-electron chi connectivity index (χ3n) is 0.779. The topological polar surface area (TPSA) is 17.1 Å². The van der Waals surface area contributed by atoms with E-state index in [2.05, 4.69) is 19.6 Å². The molecule has 1 radical (unpaired) electrons. The molecule has 0 saturated carbocycles. The Morgan fingerprint density at radius 1 is 1.33 bits per heavy atom. The summed E-state index contributed by atoms with van der Waals surface area (Å²) in [7, 11) is -2.17. The van der Waals surface area contributed by atoms with Gasteiger partial charge in [0, 0.05) is 32.7 Å². The van der Waals surface area contributed by atoms with Crippen LogP contribution in [0.2, 0.25) is 19.6 Å². The molecular formula is C5H15OPSiY. The van der Waals surface area contributed by atoms with Crippen molar-refractivity contribution in [2.45, 2.75) is 19.6 Å². The van der Waals surface area contributed by atoms with Crippen LogP contribution >= 0.6 is 7.80 Å². The molecule has 0 bridgehead atoms. The van der Waals surface area contributed by atoms with Gasteiger partial charge in [-0.1, -0.05) is 19.6 Å². The first-order chi connectivity index (χ1) is 3.42. The maximum Gasteiger partial charge on any atom is 0.0708 e. The van der Waals surface area contributed by atoms with Gasteiger partial charge < -0.3 is 4.57 Å². The average molecular weight is 239 g/mol. The van der Waals surface area contributed by atoms with Crippen LogP contribution in [-0.2, 0) is 37.3 Å². The van der Waals surface area contributed by atoms with Crippen molar-refractivity contribution >= 4 is 15.9 Å². The quantitative estimate of drug-likeness (QED) is 0.532. The minimum absolute atomic E-state index is 0. The monoisotopic (exact) mass is 239 g/mol. The van der Waals surface area contributed by atoms with Crippen LogP contribution in [0.4, 0.5) is 0 Å². The van der Waals surface area contributed by atoms with E-state index in [1.807, 2.05) is 6.66 Å². The van der Waals surface area contributed by atoms with E-state index in [1.165, 1.54) is 0 Å². The van der Waals surface area contributed by atoms with Crippen LogP contribution in [0.25, 0.3) is 0 Å². The summed E-state index contributed by atoms with van der Waals surface area (Å²) in [5, 5.41) is 0. The van der Waals surface area contributed by atoms with Crippen LogP contribution in [0, 0.1) is 0 Å². The Morgan fingerprint density at radius 2 is 1.67 bits per heavy atom. The van der Waals surface area contributed by atoms with Crippen molar-refractivity contribution in [1.82, 2.24) is 0 Å². The molecular weight excluding hydrogens is 224 g/mol. The summed E-state index contributed by atoms with van der Waals surface area (Å²) in [6.07, 6.45) is 0. The van der Waals surface area contributed by atoms with Crippen LogP contribution in [0.15, 0.2) is 0 Å². The molecule has 0 amide bonds. The smallest absolute Gasteiger partial charge is 0.0708 e. The van der Waals surface area contributed by atoms with Crippen molar-refractivity contribution in [2.24, 2.45) is 0 Å². The molecule has 0 rings (SSSR count). The molecule has 0 heterocycles. The molecule has 0 aliphatic rings. The maximum absolute atomic E-state index is 10.7. The largest absolute Gasteiger partial charge is 0.327 e. The van der Waals surface area contributed by atoms with E-state index in [-0.39, 0.29) is 32.7 Å². The molecule has 0 fully saturated rings. The molecule has 1 atom stereocenters. The van der Waals surface area contributed by atoms with Crippen LogP contribution in [-0.4, -0.2) is 20.5 Å². The molecule has 0 spiro atoms. The Balaban J connectivity index is 0. The van der Waals surface area contributed by atoms with E-state index < -0.39 is 15.9 Å². The first kappa shape index (κ1) is 13.2. The molecule has 4 heteroatoms. The van der Waals surface area contributed by atoms with Gasteiger partial charge in [0.15, 0.2) is 0 Å². The fourth-order valence-electron chi connectivity index (χ4n) is 0.747. The molecule has 0 aliphatic carbocycles. The molecule has 0 saturated heterocycles. The standard InChI is InChI=1S/C5H15OPSi.Y/c1-7(6)5-8(2,3)4;/h7H,5H2,1-4H3;. The van der Waals surface area contributed by atoms with Crippen molar-refractivity contribution in [3.8, 4) is 0 Å². The summed E-state index contributed by atoms with van der Waals surface area (Å²) in [6, 6.07) is 0. The molecule has 0 aromatic carbocycles. The second kappa shape index (κ2) is 5.23. The fraction of sp³-hybridized carbons (Fsp3) is 1.00. The summed E-state index contributed by atoms with van der Waals surface area (Å²) < 4.78 is 10.7. The minimum atomic E-state index is -1.18. The van der Waals surface area contributed by atoms with Crippen LogP contribution in [0.5, 0.6) is 0 Å². The van der Waals surface area contributed by atoms with E-state index >= 15 is 0 Å². The SMILES string of the molecule is C[PH](=O)C[Si](C)(C)C.[Y]. The Hall–Kier alpha value is 1.55. The van der Waals surface area contributed by atoms with Gasteiger partial charge in [0.05, 0.1) is 15.9 Å². The van der Waals surface area contributed by atoms with Gasteiger partial charge in [-0.15, -0.1) is 0 Å². The van der Waals surface area contributed by atoms with Gasteiger partial charge in [0.2, 0.25) is 0 Å². The first-order valence-electron chi connectivity index (χ1n) is 2.91. The zero-order valence-electron chi connectivity index (χ0n) is 6.69. The molecule has 0 aromatic heterocycles. The third kappa shape index (κ3) is 12.7. The molecule has 0 N–H and O–H groups in total. The summed E-state index contributed by atoms with van der Waals surface area (Å²) in [5.41, 5.74) is 0. The van der Waals surface area contributed by atoms with Crippen LogP contribution < -0.4 is 0 Å². The van der Waals surface area contributed by atoms with E-state index in [1.54, 1.807) is 0 Å². The van der Waals surface area contributed by atoms with Crippen molar-refractivity contribution in [1.29, 1.82) is 0 Å². The van der Waals surface area contributed by atoms with E-state index in [0.29, 0.717) is 0 Å². The summed E-state index contributed by atoms with van der Waals surface area (Å²) in [4.78, 5) is 0. The zero-order valence-corrected chi connectivity index (χ0v) is 11.5. The van der Waals surface area contributed by atoms with Gasteiger partial charge in [-0.25, -0.2) is 0 Å². The Labute approximate surface area is 84.7 Å². The van der Waals surface area contributed by atoms with Crippen LogP contribution in [0.1, 0.15) is 0 Å². The van der Waals surface area contributed by atoms with Gasteiger partial charge in [-0.05, 0) is 12.5 Å². The second-order valence-electron chi connectivity index (χ2n) is 3.44. The van der Waals surface area contributed by atoms with Gasteiger partial charge >= 0.3 is 0 Å². The number of hydrogen-bond acceptors (Lipinski definition) is 1. The summed E-state index contributed by atoms with van der Waals surface area (Å²) >= 11 is 0. The van der Waals surface area contributed by atoms with E-state index in [9.17, 15) is 4.57 Å². The van der Waals surface area contributed by atoms with Gasteiger partial charge in [-0.2, -0.15) is 0 Å². The molecule has 0 aliphatic heterocycles. The molecule has 9 heavy (non-hydrogen) atoms. The molecule has 1 unspecified atom stereocenters. The minimum Gasteiger partial charge on any atom is -0.327 e. The molecule has 53 valence electrons. The van der Waals surface area contributed by atoms with Gasteiger partial charge in [0.25, 0.3) is 0 Å². The predicted molar refractivity (Wildman–Crippen MR) is 43.1 cm³/mol. The van der Waals surface area contributed by atoms with Crippen molar-refractivity contribution in [3.05, 3.63) is 0 Å². The third-order valence-corrected chi connectivity index (χ3v) is 7.01. The van der Waals surface area contributed by atoms with Crippen molar-refractivity contribution in [2.75, 3.05) is 12.5 Å². The van der Waals surface area contributed by atoms with Crippen LogP contribution in [0.3, 0.4) is 0 Å². The van der Waals surface area contributed by atoms with Gasteiger partial charge in [0.1, 0.15) is 0 Å².